The quantitative estimate of drug-likeness (QED) is 0.867. The van der Waals surface area contributed by atoms with Crippen LogP contribution in [0.4, 0.5) is 0 Å². The van der Waals surface area contributed by atoms with Gasteiger partial charge in [-0.3, -0.25) is 0 Å². The summed E-state index contributed by atoms with van der Waals surface area (Å²) in [5.74, 6) is 0.682. The first-order chi connectivity index (χ1) is 9.34. The molecule has 0 aliphatic carbocycles. The van der Waals surface area contributed by atoms with E-state index in [9.17, 15) is 0 Å². The molecule has 2 N–H and O–H groups in total. The van der Waals surface area contributed by atoms with Crippen LogP contribution in [0.1, 0.15) is 30.0 Å². The lowest BCUT2D eigenvalue weighted by Gasteiger charge is -2.23. The summed E-state index contributed by atoms with van der Waals surface area (Å²) in [6.07, 6.45) is 2.36. The van der Waals surface area contributed by atoms with Crippen molar-refractivity contribution in [1.29, 1.82) is 0 Å². The van der Waals surface area contributed by atoms with Gasteiger partial charge in [0.05, 0.1) is 6.61 Å². The largest absolute Gasteiger partial charge is 0.381 e. The molecule has 1 fully saturated rings. The molecule has 2 unspecified atom stereocenters. The van der Waals surface area contributed by atoms with Crippen LogP contribution in [0, 0.1) is 5.92 Å². The fourth-order valence-electron chi connectivity index (χ4n) is 3.16. The Bertz CT molecular complexity index is 427. The van der Waals surface area contributed by atoms with Gasteiger partial charge in [0, 0.05) is 25.7 Å². The number of hydrogen-bond acceptors (Lipinski definition) is 3. The van der Waals surface area contributed by atoms with Crippen LogP contribution in [-0.2, 0) is 24.2 Å². The van der Waals surface area contributed by atoms with Gasteiger partial charge in [-0.25, -0.2) is 0 Å². The normalized spacial score (nSPS) is 24.2. The number of rotatable bonds is 4. The highest BCUT2D eigenvalue weighted by Gasteiger charge is 2.22. The van der Waals surface area contributed by atoms with Crippen LogP contribution in [0.3, 0.4) is 0 Å². The van der Waals surface area contributed by atoms with Gasteiger partial charge in [-0.15, -0.1) is 0 Å². The molecule has 3 rings (SSSR count). The molecule has 0 radical (unpaired) electrons. The maximum absolute atomic E-state index is 5.47. The van der Waals surface area contributed by atoms with Gasteiger partial charge in [-0.05, 0) is 48.9 Å². The Hall–Kier alpha value is -0.900. The third kappa shape index (κ3) is 2.99. The molecule has 0 saturated carbocycles. The highest BCUT2D eigenvalue weighted by atomic mass is 16.5. The van der Waals surface area contributed by atoms with E-state index in [1.165, 1.54) is 17.5 Å². The lowest BCUT2D eigenvalue weighted by molar-refractivity contribution is 0.178. The molecule has 19 heavy (non-hydrogen) atoms. The molecule has 2 atom stereocenters. The number of nitrogens with one attached hydrogen (secondary N) is 2. The average Bonchev–Trinajstić information content (AvgIpc) is 2.99. The van der Waals surface area contributed by atoms with Gasteiger partial charge < -0.3 is 15.4 Å². The summed E-state index contributed by atoms with van der Waals surface area (Å²) in [6.45, 7) is 7.26. The van der Waals surface area contributed by atoms with Crippen LogP contribution in [0.5, 0.6) is 0 Å². The first kappa shape index (κ1) is 13.1. The Labute approximate surface area is 115 Å². The molecule has 3 heteroatoms. The summed E-state index contributed by atoms with van der Waals surface area (Å²) in [5, 5.41) is 7.13. The zero-order valence-electron chi connectivity index (χ0n) is 11.7. The monoisotopic (exact) mass is 260 g/mol. The van der Waals surface area contributed by atoms with Crippen molar-refractivity contribution in [1.82, 2.24) is 10.6 Å². The zero-order valence-corrected chi connectivity index (χ0v) is 11.7. The Morgan fingerprint density at radius 3 is 3.26 bits per heavy atom. The summed E-state index contributed by atoms with van der Waals surface area (Å²) < 4.78 is 5.47. The second-order valence-electron chi connectivity index (χ2n) is 5.77. The Morgan fingerprint density at radius 2 is 2.42 bits per heavy atom. The van der Waals surface area contributed by atoms with E-state index >= 15 is 0 Å². The van der Waals surface area contributed by atoms with E-state index in [1.807, 2.05) is 0 Å². The minimum atomic E-state index is 0.542. The molecule has 0 bridgehead atoms. The maximum atomic E-state index is 5.47. The van der Waals surface area contributed by atoms with Crippen molar-refractivity contribution in [3.63, 3.8) is 0 Å². The molecule has 2 heterocycles. The van der Waals surface area contributed by atoms with Crippen LogP contribution >= 0.6 is 0 Å². The summed E-state index contributed by atoms with van der Waals surface area (Å²) in [6, 6.07) is 7.25. The Morgan fingerprint density at radius 1 is 1.47 bits per heavy atom. The highest BCUT2D eigenvalue weighted by molar-refractivity contribution is 5.37. The third-order valence-electron chi connectivity index (χ3n) is 4.52. The van der Waals surface area contributed by atoms with Gasteiger partial charge in [-0.2, -0.15) is 0 Å². The van der Waals surface area contributed by atoms with Crippen molar-refractivity contribution >= 4 is 0 Å². The number of hydrogen-bond donors (Lipinski definition) is 2. The average molecular weight is 260 g/mol. The lowest BCUT2D eigenvalue weighted by atomic mass is 9.94. The fraction of sp³-hybridized carbons (Fsp3) is 0.625. The standard InChI is InChI=1S/C16H24N2O/c1-12(15-6-8-19-11-15)18-10-14-4-2-3-13-9-17-7-5-16(13)14/h2-4,12,15,17-18H,5-11H2,1H3. The van der Waals surface area contributed by atoms with Gasteiger partial charge in [0.1, 0.15) is 0 Å². The molecular formula is C16H24N2O. The number of benzene rings is 1. The highest BCUT2D eigenvalue weighted by Crippen LogP contribution is 2.20. The lowest BCUT2D eigenvalue weighted by Crippen LogP contribution is -2.34. The zero-order chi connectivity index (χ0) is 13.1. The van der Waals surface area contributed by atoms with Crippen LogP contribution in [0.25, 0.3) is 0 Å². The molecule has 1 saturated heterocycles. The summed E-state index contributed by atoms with van der Waals surface area (Å²) in [7, 11) is 0. The Kier molecular flexibility index (Phi) is 4.16. The molecule has 1 aromatic carbocycles. The molecular weight excluding hydrogens is 236 g/mol. The van der Waals surface area contributed by atoms with Crippen molar-refractivity contribution in [3.8, 4) is 0 Å². The van der Waals surface area contributed by atoms with Gasteiger partial charge in [0.15, 0.2) is 0 Å². The van der Waals surface area contributed by atoms with E-state index in [2.05, 4.69) is 35.8 Å². The van der Waals surface area contributed by atoms with Gasteiger partial charge in [-0.1, -0.05) is 18.2 Å². The van der Waals surface area contributed by atoms with Crippen molar-refractivity contribution in [2.75, 3.05) is 19.8 Å². The molecule has 104 valence electrons. The minimum absolute atomic E-state index is 0.542. The van der Waals surface area contributed by atoms with Gasteiger partial charge in [0.2, 0.25) is 0 Å². The SMILES string of the molecule is CC(NCc1cccc2c1CCNC2)C1CCOC1. The second-order valence-corrected chi connectivity index (χ2v) is 5.77. The molecule has 0 spiro atoms. The van der Waals surface area contributed by atoms with E-state index in [-0.39, 0.29) is 0 Å². The number of fused-ring (bicyclic) bond motifs is 1. The number of ether oxygens (including phenoxy) is 1. The molecule has 2 aliphatic heterocycles. The first-order valence-electron chi connectivity index (χ1n) is 7.46. The van der Waals surface area contributed by atoms with E-state index in [0.29, 0.717) is 12.0 Å². The van der Waals surface area contributed by atoms with Crippen LogP contribution in [0.15, 0.2) is 18.2 Å². The van der Waals surface area contributed by atoms with Crippen molar-refractivity contribution < 1.29 is 4.74 Å². The molecule has 0 amide bonds. The third-order valence-corrected chi connectivity index (χ3v) is 4.52. The smallest absolute Gasteiger partial charge is 0.0509 e. The molecule has 2 aliphatic rings. The van der Waals surface area contributed by atoms with Crippen molar-refractivity contribution in [2.45, 2.75) is 38.9 Å². The predicted octanol–water partition coefficient (Wildman–Crippen LogP) is 1.85. The predicted molar refractivity (Wildman–Crippen MR) is 77.1 cm³/mol. The van der Waals surface area contributed by atoms with Crippen molar-refractivity contribution in [3.05, 3.63) is 34.9 Å². The Balaban J connectivity index is 1.63. The molecule has 3 nitrogen and oxygen atoms in total. The molecule has 0 aromatic heterocycles. The maximum Gasteiger partial charge on any atom is 0.0509 e. The van der Waals surface area contributed by atoms with Crippen LogP contribution in [-0.4, -0.2) is 25.8 Å². The van der Waals surface area contributed by atoms with E-state index < -0.39 is 0 Å². The van der Waals surface area contributed by atoms with Crippen LogP contribution in [0.2, 0.25) is 0 Å². The first-order valence-corrected chi connectivity index (χ1v) is 7.46. The van der Waals surface area contributed by atoms with Gasteiger partial charge >= 0.3 is 0 Å². The second kappa shape index (κ2) is 6.04. The van der Waals surface area contributed by atoms with Crippen LogP contribution < -0.4 is 10.6 Å². The fourth-order valence-corrected chi connectivity index (χ4v) is 3.16. The van der Waals surface area contributed by atoms with Crippen molar-refractivity contribution in [2.24, 2.45) is 5.92 Å². The summed E-state index contributed by atoms with van der Waals surface area (Å²) in [5.41, 5.74) is 4.51. The van der Waals surface area contributed by atoms with E-state index in [0.717, 1.165) is 39.3 Å². The minimum Gasteiger partial charge on any atom is -0.381 e. The topological polar surface area (TPSA) is 33.3 Å². The van der Waals surface area contributed by atoms with E-state index in [1.54, 1.807) is 5.56 Å². The summed E-state index contributed by atoms with van der Waals surface area (Å²) >= 11 is 0. The summed E-state index contributed by atoms with van der Waals surface area (Å²) in [4.78, 5) is 0. The van der Waals surface area contributed by atoms with Gasteiger partial charge in [0.25, 0.3) is 0 Å². The van der Waals surface area contributed by atoms with E-state index in [4.69, 9.17) is 4.74 Å². The molecule has 1 aromatic rings.